The van der Waals surface area contributed by atoms with Crippen LogP contribution in [0.1, 0.15) is 43.5 Å². The molecule has 1 aromatic rings. The Morgan fingerprint density at radius 2 is 2.00 bits per heavy atom. The fraction of sp³-hybridized carbons (Fsp3) is 0.556. The topological polar surface area (TPSA) is 52.6 Å². The third-order valence-electron chi connectivity index (χ3n) is 5.07. The van der Waals surface area contributed by atoms with Gasteiger partial charge in [-0.25, -0.2) is 4.79 Å². The lowest BCUT2D eigenvalue weighted by atomic mass is 9.84. The molecular formula is C18H20Cl2O4. The first-order valence-electron chi connectivity index (χ1n) is 8.26. The van der Waals surface area contributed by atoms with Crippen molar-refractivity contribution in [3.8, 4) is 0 Å². The van der Waals surface area contributed by atoms with Crippen molar-refractivity contribution >= 4 is 35.1 Å². The Balaban J connectivity index is 1.79. The number of rotatable bonds is 5. The van der Waals surface area contributed by atoms with Crippen molar-refractivity contribution in [2.24, 2.45) is 11.8 Å². The van der Waals surface area contributed by atoms with E-state index in [1.165, 1.54) is 0 Å². The van der Waals surface area contributed by atoms with Gasteiger partial charge in [0, 0.05) is 17.4 Å². The van der Waals surface area contributed by atoms with Gasteiger partial charge in [0.2, 0.25) is 5.60 Å². The fourth-order valence-corrected chi connectivity index (χ4v) is 4.26. The summed E-state index contributed by atoms with van der Waals surface area (Å²) >= 11 is 12.1. The van der Waals surface area contributed by atoms with Gasteiger partial charge < -0.3 is 9.47 Å². The van der Waals surface area contributed by atoms with Crippen LogP contribution in [0.15, 0.2) is 24.3 Å². The van der Waals surface area contributed by atoms with Gasteiger partial charge in [0.15, 0.2) is 5.38 Å². The van der Waals surface area contributed by atoms with Crippen molar-refractivity contribution in [1.29, 1.82) is 0 Å². The van der Waals surface area contributed by atoms with Crippen LogP contribution < -0.4 is 0 Å². The number of esters is 2. The molecule has 2 aliphatic rings. The number of carbonyl (C=O) groups is 2. The second kappa shape index (κ2) is 6.93. The molecule has 0 heterocycles. The molecule has 0 spiro atoms. The molecule has 0 N–H and O–H groups in total. The number of hydrogen-bond donors (Lipinski definition) is 0. The van der Waals surface area contributed by atoms with Crippen molar-refractivity contribution in [2.45, 2.75) is 43.6 Å². The summed E-state index contributed by atoms with van der Waals surface area (Å²) in [7, 11) is 0. The number of benzene rings is 1. The number of alkyl halides is 1. The normalized spacial score (nSPS) is 29.3. The molecule has 24 heavy (non-hydrogen) atoms. The molecule has 3 rings (SSSR count). The van der Waals surface area contributed by atoms with Crippen molar-refractivity contribution in [1.82, 2.24) is 0 Å². The second-order valence-electron chi connectivity index (χ2n) is 6.53. The van der Waals surface area contributed by atoms with E-state index in [1.54, 1.807) is 31.2 Å². The van der Waals surface area contributed by atoms with Crippen LogP contribution in [0.3, 0.4) is 0 Å². The Kier molecular flexibility index (Phi) is 5.07. The molecule has 0 aliphatic heterocycles. The fourth-order valence-electron chi connectivity index (χ4n) is 3.95. The average molecular weight is 371 g/mol. The van der Waals surface area contributed by atoms with Gasteiger partial charge in [-0.1, -0.05) is 23.7 Å². The van der Waals surface area contributed by atoms with E-state index in [4.69, 9.17) is 32.7 Å². The lowest BCUT2D eigenvalue weighted by Gasteiger charge is -2.35. The lowest BCUT2D eigenvalue weighted by molar-refractivity contribution is -0.189. The van der Waals surface area contributed by atoms with Gasteiger partial charge in [-0.15, -0.1) is 11.6 Å². The van der Waals surface area contributed by atoms with Crippen LogP contribution in [0.25, 0.3) is 0 Å². The smallest absolute Gasteiger partial charge is 0.350 e. The molecule has 6 heteroatoms. The van der Waals surface area contributed by atoms with Gasteiger partial charge >= 0.3 is 11.9 Å². The summed E-state index contributed by atoms with van der Waals surface area (Å²) in [5.74, 6) is -0.610. The Morgan fingerprint density at radius 3 is 2.54 bits per heavy atom. The standard InChI is InChI=1S/C18H20Cl2O4/c1-2-23-17(22)18(10-11-3-6-13(18)9-11)24-16(21)15(20)12-4-7-14(19)8-5-12/h4-5,7-8,11,13,15H,2-3,6,9-10H2,1H3. The van der Waals surface area contributed by atoms with E-state index in [2.05, 4.69) is 0 Å². The average Bonchev–Trinajstić information content (AvgIpc) is 3.16. The summed E-state index contributed by atoms with van der Waals surface area (Å²) in [6.07, 6.45) is 3.39. The molecule has 0 saturated heterocycles. The number of fused-ring (bicyclic) bond motifs is 2. The largest absolute Gasteiger partial charge is 0.463 e. The minimum atomic E-state index is -1.17. The molecule has 2 fully saturated rings. The summed E-state index contributed by atoms with van der Waals surface area (Å²) in [5.41, 5.74) is -0.580. The highest BCUT2D eigenvalue weighted by molar-refractivity contribution is 6.31. The highest BCUT2D eigenvalue weighted by Crippen LogP contribution is 2.53. The van der Waals surface area contributed by atoms with E-state index in [1.807, 2.05) is 0 Å². The monoisotopic (exact) mass is 370 g/mol. The zero-order chi connectivity index (χ0) is 17.3. The van der Waals surface area contributed by atoms with Crippen molar-refractivity contribution < 1.29 is 19.1 Å². The van der Waals surface area contributed by atoms with Crippen molar-refractivity contribution in [2.75, 3.05) is 6.61 Å². The predicted octanol–water partition coefficient (Wildman–Crippen LogP) is 4.29. The molecule has 1 aromatic carbocycles. The first-order chi connectivity index (χ1) is 11.5. The zero-order valence-electron chi connectivity index (χ0n) is 13.5. The van der Waals surface area contributed by atoms with E-state index in [-0.39, 0.29) is 12.5 Å². The Morgan fingerprint density at radius 1 is 1.29 bits per heavy atom. The molecule has 2 aliphatic carbocycles. The van der Waals surface area contributed by atoms with Crippen molar-refractivity contribution in [3.05, 3.63) is 34.9 Å². The molecule has 130 valence electrons. The zero-order valence-corrected chi connectivity index (χ0v) is 15.0. The molecule has 0 aromatic heterocycles. The second-order valence-corrected chi connectivity index (χ2v) is 7.40. The van der Waals surface area contributed by atoms with Crippen molar-refractivity contribution in [3.63, 3.8) is 0 Å². The van der Waals surface area contributed by atoms with Crippen LogP contribution in [0.4, 0.5) is 0 Å². The molecule has 0 radical (unpaired) electrons. The number of halogens is 2. The summed E-state index contributed by atoms with van der Waals surface area (Å²) < 4.78 is 10.9. The maximum absolute atomic E-state index is 12.6. The number of carbonyl (C=O) groups excluding carboxylic acids is 2. The molecule has 0 amide bonds. The Bertz CT molecular complexity index is 630. The third-order valence-corrected chi connectivity index (χ3v) is 5.75. The predicted molar refractivity (Wildman–Crippen MR) is 91.0 cm³/mol. The Hall–Kier alpha value is -1.26. The highest BCUT2D eigenvalue weighted by atomic mass is 35.5. The third kappa shape index (κ3) is 3.14. The molecule has 4 unspecified atom stereocenters. The first kappa shape index (κ1) is 17.6. The van der Waals surface area contributed by atoms with Crippen LogP contribution in [-0.4, -0.2) is 24.1 Å². The number of hydrogen-bond acceptors (Lipinski definition) is 4. The molecule has 2 saturated carbocycles. The van der Waals surface area contributed by atoms with Gasteiger partial charge in [-0.05, 0) is 49.8 Å². The van der Waals surface area contributed by atoms with Crippen LogP contribution in [0, 0.1) is 11.8 Å². The van der Waals surface area contributed by atoms with Gasteiger partial charge in [-0.3, -0.25) is 4.79 Å². The Labute approximate surface area is 151 Å². The minimum absolute atomic E-state index is 0.0274. The first-order valence-corrected chi connectivity index (χ1v) is 9.07. The van der Waals surface area contributed by atoms with Crippen LogP contribution in [-0.2, 0) is 19.1 Å². The van der Waals surface area contributed by atoms with E-state index in [0.717, 1.165) is 19.3 Å². The molecule has 4 nitrogen and oxygen atoms in total. The number of ether oxygens (including phenoxy) is 2. The van der Waals surface area contributed by atoms with E-state index < -0.39 is 22.9 Å². The van der Waals surface area contributed by atoms with E-state index >= 15 is 0 Å². The van der Waals surface area contributed by atoms with Crippen LogP contribution in [0.2, 0.25) is 5.02 Å². The SMILES string of the molecule is CCOC(=O)C1(OC(=O)C(Cl)c2ccc(Cl)cc2)CC2CCC1C2. The maximum atomic E-state index is 12.6. The van der Waals surface area contributed by atoms with E-state index in [9.17, 15) is 9.59 Å². The molecular weight excluding hydrogens is 351 g/mol. The lowest BCUT2D eigenvalue weighted by Crippen LogP contribution is -2.49. The van der Waals surface area contributed by atoms with Gasteiger partial charge in [0.25, 0.3) is 0 Å². The summed E-state index contributed by atoms with van der Waals surface area (Å²) in [6, 6.07) is 6.69. The van der Waals surface area contributed by atoms with Crippen LogP contribution in [0.5, 0.6) is 0 Å². The van der Waals surface area contributed by atoms with Gasteiger partial charge in [0.1, 0.15) is 0 Å². The van der Waals surface area contributed by atoms with Gasteiger partial charge in [-0.2, -0.15) is 0 Å². The quantitative estimate of drug-likeness (QED) is 0.573. The summed E-state index contributed by atoms with van der Waals surface area (Å²) in [6.45, 7) is 2.01. The molecule has 2 bridgehead atoms. The summed E-state index contributed by atoms with van der Waals surface area (Å²) in [4.78, 5) is 25.1. The summed E-state index contributed by atoms with van der Waals surface area (Å²) in [5, 5.41) is -0.417. The van der Waals surface area contributed by atoms with E-state index in [0.29, 0.717) is 22.9 Å². The molecule has 4 atom stereocenters. The maximum Gasteiger partial charge on any atom is 0.350 e. The van der Waals surface area contributed by atoms with Crippen LogP contribution >= 0.6 is 23.2 Å². The minimum Gasteiger partial charge on any atom is -0.463 e. The van der Waals surface area contributed by atoms with Gasteiger partial charge in [0.05, 0.1) is 6.61 Å². The highest BCUT2D eigenvalue weighted by Gasteiger charge is 2.60.